The molecule has 3 rings (SSSR count). The smallest absolute Gasteiger partial charge is 0.185 e. The van der Waals surface area contributed by atoms with Gasteiger partial charge in [0.2, 0.25) is 0 Å². The van der Waals surface area contributed by atoms with Crippen LogP contribution in [-0.2, 0) is 19.5 Å². The van der Waals surface area contributed by atoms with Crippen LogP contribution in [0.5, 0.6) is 0 Å². The van der Waals surface area contributed by atoms with Crippen molar-refractivity contribution < 1.29 is 0 Å². The summed E-state index contributed by atoms with van der Waals surface area (Å²) in [5.41, 5.74) is 8.51. The molecule has 2 aromatic rings. The highest BCUT2D eigenvalue weighted by atomic mass is 32.1. The standard InChI is InChI=1S/C13H15N3S/c14-7-12-8-15-13(17-12)16-6-5-10-3-1-2-4-11(10)9-16/h1-4,8H,5-7,9,14H2. The third-order valence-corrected chi connectivity index (χ3v) is 4.22. The quantitative estimate of drug-likeness (QED) is 0.881. The zero-order valence-corrected chi connectivity index (χ0v) is 10.4. The summed E-state index contributed by atoms with van der Waals surface area (Å²) in [6.07, 6.45) is 2.99. The summed E-state index contributed by atoms with van der Waals surface area (Å²) in [6, 6.07) is 8.65. The number of fused-ring (bicyclic) bond motifs is 1. The summed E-state index contributed by atoms with van der Waals surface area (Å²) in [5.74, 6) is 0. The molecule has 1 aromatic carbocycles. The van der Waals surface area contributed by atoms with Crippen molar-refractivity contribution in [2.75, 3.05) is 11.4 Å². The maximum Gasteiger partial charge on any atom is 0.185 e. The maximum absolute atomic E-state index is 5.62. The molecule has 0 unspecified atom stereocenters. The fourth-order valence-corrected chi connectivity index (χ4v) is 3.01. The second kappa shape index (κ2) is 4.47. The van der Waals surface area contributed by atoms with Crippen molar-refractivity contribution in [2.45, 2.75) is 19.5 Å². The molecule has 1 aliphatic rings. The van der Waals surface area contributed by atoms with E-state index in [0.717, 1.165) is 29.5 Å². The first-order valence-electron chi connectivity index (χ1n) is 5.83. The average molecular weight is 245 g/mol. The van der Waals surface area contributed by atoms with Gasteiger partial charge >= 0.3 is 0 Å². The van der Waals surface area contributed by atoms with Gasteiger partial charge in [-0.15, -0.1) is 11.3 Å². The van der Waals surface area contributed by atoms with E-state index in [0.29, 0.717) is 6.54 Å². The van der Waals surface area contributed by atoms with Crippen molar-refractivity contribution in [1.29, 1.82) is 0 Å². The van der Waals surface area contributed by atoms with Crippen LogP contribution < -0.4 is 10.6 Å². The Kier molecular flexibility index (Phi) is 2.82. The normalized spacial score (nSPS) is 14.8. The molecule has 1 aliphatic heterocycles. The summed E-state index contributed by atoms with van der Waals surface area (Å²) in [5, 5.41) is 1.10. The van der Waals surface area contributed by atoms with Crippen molar-refractivity contribution in [3.63, 3.8) is 0 Å². The van der Waals surface area contributed by atoms with E-state index >= 15 is 0 Å². The highest BCUT2D eigenvalue weighted by Crippen LogP contribution is 2.27. The van der Waals surface area contributed by atoms with Crippen LogP contribution in [0, 0.1) is 0 Å². The van der Waals surface area contributed by atoms with Gasteiger partial charge < -0.3 is 10.6 Å². The summed E-state index contributed by atoms with van der Waals surface area (Å²) in [6.45, 7) is 2.60. The Morgan fingerprint density at radius 2 is 2.12 bits per heavy atom. The number of anilines is 1. The van der Waals surface area contributed by atoms with Crippen LogP contribution in [0.4, 0.5) is 5.13 Å². The molecule has 4 heteroatoms. The third-order valence-electron chi connectivity index (χ3n) is 3.14. The van der Waals surface area contributed by atoms with E-state index in [2.05, 4.69) is 34.1 Å². The molecule has 0 radical (unpaired) electrons. The second-order valence-corrected chi connectivity index (χ2v) is 5.35. The fraction of sp³-hybridized carbons (Fsp3) is 0.308. The van der Waals surface area contributed by atoms with Crippen molar-refractivity contribution >= 4 is 16.5 Å². The molecule has 0 fully saturated rings. The Labute approximate surface area is 105 Å². The maximum atomic E-state index is 5.62. The first-order chi connectivity index (χ1) is 8.36. The predicted molar refractivity (Wildman–Crippen MR) is 71.2 cm³/mol. The monoisotopic (exact) mass is 245 g/mol. The number of hydrogen-bond donors (Lipinski definition) is 1. The minimum atomic E-state index is 0.585. The molecule has 88 valence electrons. The number of nitrogens with two attached hydrogens (primary N) is 1. The number of hydrogen-bond acceptors (Lipinski definition) is 4. The van der Waals surface area contributed by atoms with Crippen LogP contribution in [0.3, 0.4) is 0 Å². The second-order valence-electron chi connectivity index (χ2n) is 4.25. The van der Waals surface area contributed by atoms with Crippen LogP contribution in [-0.4, -0.2) is 11.5 Å². The van der Waals surface area contributed by atoms with Crippen molar-refractivity contribution in [3.05, 3.63) is 46.5 Å². The molecule has 1 aromatic heterocycles. The molecule has 0 saturated heterocycles. The van der Waals surface area contributed by atoms with Gasteiger partial charge in [-0.3, -0.25) is 0 Å². The first kappa shape index (κ1) is 10.7. The SMILES string of the molecule is NCc1cnc(N2CCc3ccccc3C2)s1. The Hall–Kier alpha value is -1.39. The van der Waals surface area contributed by atoms with Gasteiger partial charge in [0.1, 0.15) is 0 Å². The van der Waals surface area contributed by atoms with E-state index in [1.807, 2.05) is 6.20 Å². The molecule has 2 N–H and O–H groups in total. The molecule has 17 heavy (non-hydrogen) atoms. The first-order valence-corrected chi connectivity index (χ1v) is 6.65. The molecule has 3 nitrogen and oxygen atoms in total. The van der Waals surface area contributed by atoms with Crippen LogP contribution in [0.15, 0.2) is 30.5 Å². The number of rotatable bonds is 2. The lowest BCUT2D eigenvalue weighted by Crippen LogP contribution is -2.30. The summed E-state index contributed by atoms with van der Waals surface area (Å²) in [4.78, 5) is 7.94. The highest BCUT2D eigenvalue weighted by molar-refractivity contribution is 7.15. The molecule has 0 bridgehead atoms. The lowest BCUT2D eigenvalue weighted by Gasteiger charge is -2.28. The topological polar surface area (TPSA) is 42.1 Å². The van der Waals surface area contributed by atoms with Crippen molar-refractivity contribution in [2.24, 2.45) is 5.73 Å². The number of thiazole rings is 1. The molecule has 2 heterocycles. The van der Waals surface area contributed by atoms with Crippen LogP contribution in [0.25, 0.3) is 0 Å². The number of aromatic nitrogens is 1. The molecular weight excluding hydrogens is 230 g/mol. The Balaban J connectivity index is 1.84. The van der Waals surface area contributed by atoms with Gasteiger partial charge in [-0.05, 0) is 17.5 Å². The van der Waals surface area contributed by atoms with Crippen LogP contribution >= 0.6 is 11.3 Å². The van der Waals surface area contributed by atoms with Gasteiger partial charge in [0.15, 0.2) is 5.13 Å². The lowest BCUT2D eigenvalue weighted by atomic mass is 10.0. The largest absolute Gasteiger partial charge is 0.343 e. The van der Waals surface area contributed by atoms with E-state index in [-0.39, 0.29) is 0 Å². The van der Waals surface area contributed by atoms with Crippen LogP contribution in [0.2, 0.25) is 0 Å². The molecule has 0 amide bonds. The summed E-state index contributed by atoms with van der Waals surface area (Å²) >= 11 is 1.70. The van der Waals surface area contributed by atoms with Crippen molar-refractivity contribution in [3.8, 4) is 0 Å². The van der Waals surface area contributed by atoms with E-state index in [1.165, 1.54) is 11.1 Å². The van der Waals surface area contributed by atoms with Crippen molar-refractivity contribution in [1.82, 2.24) is 4.98 Å². The van der Waals surface area contributed by atoms with E-state index in [4.69, 9.17) is 5.73 Å². The van der Waals surface area contributed by atoms with Gasteiger partial charge in [0, 0.05) is 30.7 Å². The van der Waals surface area contributed by atoms with Gasteiger partial charge in [-0.1, -0.05) is 24.3 Å². The van der Waals surface area contributed by atoms with E-state index in [9.17, 15) is 0 Å². The van der Waals surface area contributed by atoms with Gasteiger partial charge in [-0.2, -0.15) is 0 Å². The molecule has 0 atom stereocenters. The average Bonchev–Trinajstić information content (AvgIpc) is 2.87. The molecule has 0 spiro atoms. The Morgan fingerprint density at radius 3 is 2.88 bits per heavy atom. The molecule has 0 aliphatic carbocycles. The Bertz CT molecular complexity index is 521. The minimum Gasteiger partial charge on any atom is -0.343 e. The molecule has 0 saturated carbocycles. The van der Waals surface area contributed by atoms with Gasteiger partial charge in [0.05, 0.1) is 0 Å². The predicted octanol–water partition coefficient (Wildman–Crippen LogP) is 2.16. The fourth-order valence-electron chi connectivity index (χ4n) is 2.20. The van der Waals surface area contributed by atoms with Gasteiger partial charge in [0.25, 0.3) is 0 Å². The minimum absolute atomic E-state index is 0.585. The summed E-state index contributed by atoms with van der Waals surface area (Å²) in [7, 11) is 0. The third kappa shape index (κ3) is 2.06. The van der Waals surface area contributed by atoms with E-state index in [1.54, 1.807) is 11.3 Å². The molecular formula is C13H15N3S. The Morgan fingerprint density at radius 1 is 1.29 bits per heavy atom. The highest BCUT2D eigenvalue weighted by Gasteiger charge is 2.18. The lowest BCUT2D eigenvalue weighted by molar-refractivity contribution is 0.729. The summed E-state index contributed by atoms with van der Waals surface area (Å²) < 4.78 is 0. The van der Waals surface area contributed by atoms with E-state index < -0.39 is 0 Å². The van der Waals surface area contributed by atoms with Gasteiger partial charge in [-0.25, -0.2) is 4.98 Å². The number of benzene rings is 1. The van der Waals surface area contributed by atoms with Crippen LogP contribution in [0.1, 0.15) is 16.0 Å². The number of nitrogens with zero attached hydrogens (tertiary/aromatic N) is 2. The zero-order chi connectivity index (χ0) is 11.7. The zero-order valence-electron chi connectivity index (χ0n) is 9.60.